The zero-order valence-electron chi connectivity index (χ0n) is 11.6. The second kappa shape index (κ2) is 6.93. The Balaban J connectivity index is 1.75. The van der Waals surface area contributed by atoms with E-state index >= 15 is 0 Å². The Morgan fingerprint density at radius 2 is 2.24 bits per heavy atom. The van der Waals surface area contributed by atoms with Gasteiger partial charge in [0.1, 0.15) is 0 Å². The van der Waals surface area contributed by atoms with Gasteiger partial charge in [0.2, 0.25) is 5.91 Å². The van der Waals surface area contributed by atoms with Crippen molar-refractivity contribution in [3.63, 3.8) is 0 Å². The van der Waals surface area contributed by atoms with Crippen LogP contribution in [0.25, 0.3) is 0 Å². The highest BCUT2D eigenvalue weighted by Crippen LogP contribution is 2.19. The van der Waals surface area contributed by atoms with E-state index in [-0.39, 0.29) is 24.9 Å². The first kappa shape index (κ1) is 15.8. The molecule has 0 bridgehead atoms. The third-order valence-corrected chi connectivity index (χ3v) is 3.50. The molecule has 5 nitrogen and oxygen atoms in total. The van der Waals surface area contributed by atoms with Crippen LogP contribution in [0.4, 0.5) is 13.2 Å². The van der Waals surface area contributed by atoms with Gasteiger partial charge in [0.05, 0.1) is 19.1 Å². The maximum atomic E-state index is 12.1. The van der Waals surface area contributed by atoms with Crippen molar-refractivity contribution in [2.75, 3.05) is 19.6 Å². The van der Waals surface area contributed by atoms with Crippen LogP contribution in [0.2, 0.25) is 0 Å². The summed E-state index contributed by atoms with van der Waals surface area (Å²) in [6.07, 6.45) is 1.20. The molecule has 1 atom stereocenters. The van der Waals surface area contributed by atoms with Crippen LogP contribution in [0.5, 0.6) is 0 Å². The summed E-state index contributed by atoms with van der Waals surface area (Å²) in [4.78, 5) is 13.8. The molecule has 0 aliphatic carbocycles. The van der Waals surface area contributed by atoms with Crippen molar-refractivity contribution in [3.05, 3.63) is 18.5 Å². The van der Waals surface area contributed by atoms with Gasteiger partial charge in [0.25, 0.3) is 0 Å². The first-order chi connectivity index (χ1) is 9.96. The molecule has 0 spiro atoms. The topological polar surface area (TPSA) is 50.2 Å². The number of nitrogens with zero attached hydrogens (tertiary/aromatic N) is 3. The van der Waals surface area contributed by atoms with Gasteiger partial charge in [0.15, 0.2) is 0 Å². The fourth-order valence-corrected chi connectivity index (χ4v) is 2.55. The average Bonchev–Trinajstić information content (AvgIpc) is 3.05. The molecule has 0 aromatic carbocycles. The van der Waals surface area contributed by atoms with Crippen molar-refractivity contribution in [1.82, 2.24) is 20.0 Å². The molecule has 1 aromatic heterocycles. The van der Waals surface area contributed by atoms with Crippen molar-refractivity contribution in [1.29, 1.82) is 0 Å². The summed E-state index contributed by atoms with van der Waals surface area (Å²) in [5.74, 6) is -0.0978. The van der Waals surface area contributed by atoms with Crippen molar-refractivity contribution in [2.24, 2.45) is 0 Å². The zero-order valence-corrected chi connectivity index (χ0v) is 11.6. The lowest BCUT2D eigenvalue weighted by molar-refractivity contribution is -0.134. The molecule has 2 rings (SSSR count). The SMILES string of the molecule is O=C(CCNCC(F)(F)F)N1CCC[C@@H]1Cn1cccn1. The van der Waals surface area contributed by atoms with Gasteiger partial charge in [-0.3, -0.25) is 9.48 Å². The van der Waals surface area contributed by atoms with Crippen LogP contribution in [0.3, 0.4) is 0 Å². The number of hydrogen-bond donors (Lipinski definition) is 1. The van der Waals surface area contributed by atoms with Crippen LogP contribution in [-0.2, 0) is 11.3 Å². The summed E-state index contributed by atoms with van der Waals surface area (Å²) in [6, 6.07) is 1.90. The molecule has 1 aliphatic heterocycles. The van der Waals surface area contributed by atoms with Crippen molar-refractivity contribution >= 4 is 5.91 Å². The molecular formula is C13H19F3N4O. The quantitative estimate of drug-likeness (QED) is 0.809. The van der Waals surface area contributed by atoms with Gasteiger partial charge in [-0.05, 0) is 18.9 Å². The number of halogens is 3. The number of hydrogen-bond acceptors (Lipinski definition) is 3. The van der Waals surface area contributed by atoms with Gasteiger partial charge in [-0.1, -0.05) is 0 Å². The van der Waals surface area contributed by atoms with Crippen LogP contribution in [0, 0.1) is 0 Å². The fraction of sp³-hybridized carbons (Fsp3) is 0.692. The van der Waals surface area contributed by atoms with E-state index in [9.17, 15) is 18.0 Å². The van der Waals surface area contributed by atoms with E-state index in [1.807, 2.05) is 12.3 Å². The van der Waals surface area contributed by atoms with Crippen LogP contribution in [0.15, 0.2) is 18.5 Å². The second-order valence-electron chi connectivity index (χ2n) is 5.15. The van der Waals surface area contributed by atoms with Crippen molar-refractivity contribution in [2.45, 2.75) is 38.0 Å². The van der Waals surface area contributed by atoms with E-state index in [2.05, 4.69) is 10.4 Å². The molecule has 1 fully saturated rings. The lowest BCUT2D eigenvalue weighted by Gasteiger charge is -2.25. The fourth-order valence-electron chi connectivity index (χ4n) is 2.55. The normalized spacial score (nSPS) is 19.2. The van der Waals surface area contributed by atoms with Crippen LogP contribution in [-0.4, -0.2) is 52.4 Å². The summed E-state index contributed by atoms with van der Waals surface area (Å²) >= 11 is 0. The van der Waals surface area contributed by atoms with E-state index in [1.54, 1.807) is 15.8 Å². The minimum Gasteiger partial charge on any atom is -0.338 e. The molecule has 1 N–H and O–H groups in total. The van der Waals surface area contributed by atoms with E-state index < -0.39 is 12.7 Å². The summed E-state index contributed by atoms with van der Waals surface area (Å²) in [5.41, 5.74) is 0. The molecular weight excluding hydrogens is 285 g/mol. The highest BCUT2D eigenvalue weighted by atomic mass is 19.4. The number of rotatable bonds is 6. The summed E-state index contributed by atoms with van der Waals surface area (Å²) in [7, 11) is 0. The Morgan fingerprint density at radius 1 is 1.43 bits per heavy atom. The molecule has 0 radical (unpaired) electrons. The van der Waals surface area contributed by atoms with Crippen LogP contribution < -0.4 is 5.32 Å². The minimum absolute atomic E-state index is 0.0450. The molecule has 21 heavy (non-hydrogen) atoms. The van der Waals surface area contributed by atoms with Gasteiger partial charge in [-0.15, -0.1) is 0 Å². The number of amides is 1. The van der Waals surface area contributed by atoms with E-state index in [4.69, 9.17) is 0 Å². The molecule has 0 saturated carbocycles. The van der Waals surface area contributed by atoms with Gasteiger partial charge in [-0.25, -0.2) is 0 Å². The van der Waals surface area contributed by atoms with Gasteiger partial charge in [-0.2, -0.15) is 18.3 Å². The Morgan fingerprint density at radius 3 is 2.90 bits per heavy atom. The predicted molar refractivity (Wildman–Crippen MR) is 70.5 cm³/mol. The molecule has 0 unspecified atom stereocenters. The second-order valence-corrected chi connectivity index (χ2v) is 5.15. The third-order valence-electron chi connectivity index (χ3n) is 3.50. The van der Waals surface area contributed by atoms with Gasteiger partial charge in [0, 0.05) is 31.9 Å². The first-order valence-electron chi connectivity index (χ1n) is 7.00. The number of nitrogens with one attached hydrogen (secondary N) is 1. The zero-order chi connectivity index (χ0) is 15.3. The van der Waals surface area contributed by atoms with Gasteiger partial charge >= 0.3 is 6.18 Å². The minimum atomic E-state index is -4.24. The Kier molecular flexibility index (Phi) is 5.22. The molecule has 1 aromatic rings. The smallest absolute Gasteiger partial charge is 0.338 e. The van der Waals surface area contributed by atoms with Crippen LogP contribution in [0.1, 0.15) is 19.3 Å². The van der Waals surface area contributed by atoms with E-state index in [0.717, 1.165) is 12.8 Å². The third kappa shape index (κ3) is 5.04. The number of carbonyl (C=O) groups excluding carboxylic acids is 1. The average molecular weight is 304 g/mol. The summed E-state index contributed by atoms with van der Waals surface area (Å²) in [5, 5.41) is 6.37. The highest BCUT2D eigenvalue weighted by molar-refractivity contribution is 5.77. The van der Waals surface area contributed by atoms with Gasteiger partial charge < -0.3 is 10.2 Å². The number of aromatic nitrogens is 2. The molecule has 2 heterocycles. The highest BCUT2D eigenvalue weighted by Gasteiger charge is 2.29. The predicted octanol–water partition coefficient (Wildman–Crippen LogP) is 1.42. The summed E-state index contributed by atoms with van der Waals surface area (Å²) in [6.45, 7) is 0.291. The Hall–Kier alpha value is -1.57. The molecule has 1 saturated heterocycles. The maximum absolute atomic E-state index is 12.1. The first-order valence-corrected chi connectivity index (χ1v) is 7.00. The molecule has 1 aliphatic rings. The standard InChI is InChI=1S/C13H19F3N4O/c14-13(15,16)10-17-6-4-12(21)20-8-1-3-11(20)9-19-7-2-5-18-19/h2,5,7,11,17H,1,3-4,6,8-10H2/t11-/m1/s1. The Labute approximate surface area is 121 Å². The molecule has 8 heteroatoms. The lowest BCUT2D eigenvalue weighted by Crippen LogP contribution is -2.40. The maximum Gasteiger partial charge on any atom is 0.401 e. The van der Waals surface area contributed by atoms with Crippen molar-refractivity contribution < 1.29 is 18.0 Å². The molecule has 118 valence electrons. The Bertz CT molecular complexity index is 447. The lowest BCUT2D eigenvalue weighted by atomic mass is 10.2. The van der Waals surface area contributed by atoms with Crippen LogP contribution >= 0.6 is 0 Å². The van der Waals surface area contributed by atoms with E-state index in [1.165, 1.54) is 0 Å². The number of likely N-dealkylation sites (tertiary alicyclic amines) is 1. The van der Waals surface area contributed by atoms with E-state index in [0.29, 0.717) is 13.1 Å². The largest absolute Gasteiger partial charge is 0.401 e. The summed E-state index contributed by atoms with van der Waals surface area (Å²) < 4.78 is 37.7. The number of carbonyl (C=O) groups is 1. The monoisotopic (exact) mass is 304 g/mol. The number of alkyl halides is 3. The molecule has 1 amide bonds. The van der Waals surface area contributed by atoms with Crippen molar-refractivity contribution in [3.8, 4) is 0 Å².